The maximum Gasteiger partial charge on any atom is 0.416 e. The number of nitrogens with zero attached hydrogens (tertiary/aromatic N) is 5. The fourth-order valence-electron chi connectivity index (χ4n) is 13.5. The van der Waals surface area contributed by atoms with Gasteiger partial charge < -0.3 is 39.7 Å². The summed E-state index contributed by atoms with van der Waals surface area (Å²) in [6.45, 7) is 5.61. The van der Waals surface area contributed by atoms with Crippen LogP contribution in [0.3, 0.4) is 0 Å². The van der Waals surface area contributed by atoms with Gasteiger partial charge in [-0.2, -0.15) is 26.3 Å². The number of nitrogens with two attached hydrogens (primary N) is 1. The summed E-state index contributed by atoms with van der Waals surface area (Å²) < 4.78 is 110. The number of fused-ring (bicyclic) bond motifs is 2. The molecule has 10 rings (SSSR count). The number of hydrogen-bond acceptors (Lipinski definition) is 8. The number of halogens is 7. The predicted octanol–water partition coefficient (Wildman–Crippen LogP) is 10.5. The van der Waals surface area contributed by atoms with Crippen LogP contribution in [0.5, 0.6) is 0 Å². The highest BCUT2D eigenvalue weighted by Gasteiger charge is 2.52. The Labute approximate surface area is 492 Å². The molecule has 3 saturated heterocycles. The van der Waals surface area contributed by atoms with E-state index in [2.05, 4.69) is 58.1 Å². The quantitative estimate of drug-likeness (QED) is 0.0710. The molecular weight excluding hydrogens is 1100 g/mol. The summed E-state index contributed by atoms with van der Waals surface area (Å²) in [6.07, 6.45) is -5.55. The minimum atomic E-state index is -5.14. The Morgan fingerprint density at radius 3 is 1.89 bits per heavy atom. The smallest absolute Gasteiger partial charge is 0.369 e. The molecule has 2 N–H and O–H groups in total. The van der Waals surface area contributed by atoms with E-state index in [1.165, 1.54) is 46.5 Å². The van der Waals surface area contributed by atoms with Gasteiger partial charge in [0.15, 0.2) is 0 Å². The lowest BCUT2D eigenvalue weighted by molar-refractivity contribution is -0.143. The maximum atomic E-state index is 14.2. The van der Waals surface area contributed by atoms with Crippen LogP contribution in [0.2, 0.25) is 0 Å². The normalized spacial score (nSPS) is 20.1. The lowest BCUT2D eigenvalue weighted by Gasteiger charge is -2.44. The molecule has 0 bridgehead atoms. The van der Waals surface area contributed by atoms with E-state index < -0.39 is 58.5 Å². The molecule has 0 saturated carbocycles. The highest BCUT2D eigenvalue weighted by atomic mass is 19.4. The Balaban J connectivity index is 0.688. The predicted molar refractivity (Wildman–Crippen MR) is 310 cm³/mol. The zero-order chi connectivity index (χ0) is 60.2. The van der Waals surface area contributed by atoms with Gasteiger partial charge in [0.25, 0.3) is 5.91 Å². The molecule has 0 radical (unpaired) electrons. The number of rotatable bonds is 21. The van der Waals surface area contributed by atoms with E-state index in [9.17, 15) is 45.1 Å². The summed E-state index contributed by atoms with van der Waals surface area (Å²) in [4.78, 5) is 50.7. The number of hydrogen-bond donors (Lipinski definition) is 1. The van der Waals surface area contributed by atoms with E-state index in [1.807, 2.05) is 72.8 Å². The number of primary amides is 1. The van der Waals surface area contributed by atoms with E-state index >= 15 is 0 Å². The van der Waals surface area contributed by atoms with Gasteiger partial charge in [-0.15, -0.1) is 0 Å². The molecule has 1 aliphatic carbocycles. The van der Waals surface area contributed by atoms with Crippen molar-refractivity contribution in [2.75, 3.05) is 92.9 Å². The molecule has 4 aliphatic rings. The van der Waals surface area contributed by atoms with Crippen molar-refractivity contribution < 1.29 is 54.6 Å². The highest BCUT2D eigenvalue weighted by Crippen LogP contribution is 2.49. The summed E-state index contributed by atoms with van der Waals surface area (Å²) in [7, 11) is 3.86. The van der Waals surface area contributed by atoms with Crippen molar-refractivity contribution >= 4 is 17.7 Å². The lowest BCUT2D eigenvalue weighted by atomic mass is 9.64. The molecule has 11 nitrogen and oxygen atoms in total. The molecule has 3 heterocycles. The Hall–Kier alpha value is -6.96. The van der Waals surface area contributed by atoms with Crippen LogP contribution < -0.4 is 5.73 Å². The molecule has 3 atom stereocenters. The van der Waals surface area contributed by atoms with Gasteiger partial charge >= 0.3 is 12.4 Å². The molecular formula is C67H73F7N6O5. The van der Waals surface area contributed by atoms with Gasteiger partial charge in [-0.25, -0.2) is 4.39 Å². The minimum absolute atomic E-state index is 0.0187. The number of piperidine rings is 1. The van der Waals surface area contributed by atoms with E-state index in [0.29, 0.717) is 69.7 Å². The fourth-order valence-corrected chi connectivity index (χ4v) is 13.5. The van der Waals surface area contributed by atoms with Crippen molar-refractivity contribution in [1.82, 2.24) is 24.5 Å². The summed E-state index contributed by atoms with van der Waals surface area (Å²) in [5.41, 5.74) is 7.08. The van der Waals surface area contributed by atoms with Gasteiger partial charge in [0.1, 0.15) is 30.2 Å². The Morgan fingerprint density at radius 2 is 1.28 bits per heavy atom. The van der Waals surface area contributed by atoms with Crippen molar-refractivity contribution in [3.63, 3.8) is 0 Å². The first kappa shape index (κ1) is 61.1. The molecule has 6 aromatic rings. The largest absolute Gasteiger partial charge is 0.416 e. The number of likely N-dealkylation sites (tertiary alicyclic amines) is 2. The average molecular weight is 1180 g/mol. The van der Waals surface area contributed by atoms with Crippen LogP contribution in [-0.4, -0.2) is 141 Å². The van der Waals surface area contributed by atoms with Crippen LogP contribution in [0.15, 0.2) is 152 Å². The summed E-state index contributed by atoms with van der Waals surface area (Å²) >= 11 is 0. The van der Waals surface area contributed by atoms with Crippen LogP contribution >= 0.6 is 0 Å². The van der Waals surface area contributed by atoms with Crippen molar-refractivity contribution in [3.8, 4) is 0 Å². The molecule has 6 aromatic carbocycles. The van der Waals surface area contributed by atoms with E-state index in [0.717, 1.165) is 61.5 Å². The van der Waals surface area contributed by atoms with Crippen LogP contribution in [-0.2, 0) is 67.1 Å². The molecule has 18 heteroatoms. The van der Waals surface area contributed by atoms with Crippen molar-refractivity contribution in [2.24, 2.45) is 11.7 Å². The summed E-state index contributed by atoms with van der Waals surface area (Å²) in [5.74, 6) is -1.97. The first-order valence-electron chi connectivity index (χ1n) is 29.2. The number of alkyl halides is 6. The van der Waals surface area contributed by atoms with Gasteiger partial charge in [-0.1, -0.05) is 121 Å². The number of benzene rings is 6. The molecule has 450 valence electrons. The average Bonchev–Trinajstić information content (AvgIpc) is 2.85. The first-order chi connectivity index (χ1) is 40.7. The first-order valence-corrected chi connectivity index (χ1v) is 29.2. The number of carbonyl (C=O) groups excluding carboxylic acids is 3. The number of amides is 3. The van der Waals surface area contributed by atoms with E-state index in [-0.39, 0.29) is 54.9 Å². The standard InChI is InChI=1S/C67H73F7N6O5/c1-76(31-25-47-17-19-48(20-18-47)26-32-79-33-27-54(43-79)65(62(75)83,52-12-5-3-6-13-52)53-14-7-4-8-15-53)37-38-77(2)60(81)44-84-59-41-49-11-9-10-16-58(49)63(59)28-34-78(35-29-63)36-30-64(51-21-23-57(68)24-22-51)45-80(46-85-64)61(82)50-39-55(66(69,70)71)42-56(40-50)67(72,73)74/h3-24,39-40,42,54,59H,25-38,41,43-46H2,1-2H3,(H2,75,83)/t54-,59+,64+/m1/s1. The SMILES string of the molecule is CN(CCc1ccc(CCN2CC[C@@H](C(C(N)=O)(c3ccccc3)c3ccccc3)C2)cc1)CCN(C)C(=O)CO[C@H]1Cc2ccccc2C12CCN(CC[C@@]1(c3ccc(F)cc3)CN(C(=O)c3cc(C(F)(F)F)cc(C(F)(F)F)c3)CO1)CC2. The van der Waals surface area contributed by atoms with Crippen molar-refractivity contribution in [2.45, 2.75) is 79.8 Å². The van der Waals surface area contributed by atoms with Crippen LogP contribution in [0.4, 0.5) is 30.7 Å². The minimum Gasteiger partial charge on any atom is -0.369 e. The molecule has 0 aromatic heterocycles. The van der Waals surface area contributed by atoms with Gasteiger partial charge in [0.2, 0.25) is 11.8 Å². The van der Waals surface area contributed by atoms with E-state index in [4.69, 9.17) is 15.2 Å². The Kier molecular flexibility index (Phi) is 18.4. The third kappa shape index (κ3) is 13.4. The zero-order valence-electron chi connectivity index (χ0n) is 48.0. The van der Waals surface area contributed by atoms with Crippen LogP contribution in [0, 0.1) is 11.7 Å². The molecule has 3 aliphatic heterocycles. The molecule has 3 fully saturated rings. The molecule has 85 heavy (non-hydrogen) atoms. The Bertz CT molecular complexity index is 3200. The van der Waals surface area contributed by atoms with Gasteiger partial charge in [-0.3, -0.25) is 14.4 Å². The second-order valence-electron chi connectivity index (χ2n) is 23.6. The van der Waals surface area contributed by atoms with Crippen LogP contribution in [0.1, 0.15) is 86.1 Å². The number of carbonyl (C=O) groups is 3. The Morgan fingerprint density at radius 1 is 0.682 bits per heavy atom. The fraction of sp³-hybridized carbons (Fsp3) is 0.418. The zero-order valence-corrected chi connectivity index (χ0v) is 48.0. The maximum absolute atomic E-state index is 14.2. The van der Waals surface area contributed by atoms with Gasteiger partial charge in [0, 0.05) is 57.3 Å². The molecule has 1 spiro atoms. The monoisotopic (exact) mass is 1170 g/mol. The third-order valence-electron chi connectivity index (χ3n) is 18.5. The summed E-state index contributed by atoms with van der Waals surface area (Å²) in [5, 5.41) is 0. The molecule has 3 amide bonds. The number of likely N-dealkylation sites (N-methyl/N-ethyl adjacent to an activating group) is 2. The highest BCUT2D eigenvalue weighted by molar-refractivity contribution is 5.95. The van der Waals surface area contributed by atoms with Crippen molar-refractivity contribution in [1.29, 1.82) is 0 Å². The van der Waals surface area contributed by atoms with E-state index in [1.54, 1.807) is 11.9 Å². The summed E-state index contributed by atoms with van der Waals surface area (Å²) in [6, 6.07) is 43.3. The number of ether oxygens (including phenoxy) is 2. The van der Waals surface area contributed by atoms with Gasteiger partial charge in [0.05, 0.1) is 23.8 Å². The van der Waals surface area contributed by atoms with Crippen molar-refractivity contribution in [3.05, 3.63) is 213 Å². The van der Waals surface area contributed by atoms with Gasteiger partial charge in [-0.05, 0) is 147 Å². The second-order valence-corrected chi connectivity index (χ2v) is 23.6. The molecule has 0 unspecified atom stereocenters. The van der Waals surface area contributed by atoms with Crippen LogP contribution in [0.25, 0.3) is 0 Å². The third-order valence-corrected chi connectivity index (χ3v) is 18.5. The topological polar surface area (TPSA) is 112 Å². The second kappa shape index (κ2) is 25.5. The lowest BCUT2D eigenvalue weighted by Crippen LogP contribution is -2.50.